The molecule has 4 rings (SSSR count). The van der Waals surface area contributed by atoms with E-state index >= 15 is 0 Å². The monoisotopic (exact) mass is 595 g/mol. The van der Waals surface area contributed by atoms with Crippen molar-refractivity contribution < 1.29 is 24.6 Å². The summed E-state index contributed by atoms with van der Waals surface area (Å²) in [5.41, 5.74) is 3.25. The van der Waals surface area contributed by atoms with Crippen LogP contribution < -0.4 is 10.6 Å². The van der Waals surface area contributed by atoms with Gasteiger partial charge < -0.3 is 25.7 Å². The number of hydrogen-bond acceptors (Lipinski definition) is 6. The van der Waals surface area contributed by atoms with Gasteiger partial charge in [-0.1, -0.05) is 47.5 Å². The molecule has 1 fully saturated rings. The van der Waals surface area contributed by atoms with E-state index in [1.165, 1.54) is 12.2 Å². The Kier molecular flexibility index (Phi) is 10.5. The zero-order chi connectivity index (χ0) is 31.9. The molecule has 3 aromatic rings. The SMILES string of the molecule is CC(C)=CC(=O)Nc1cccc(C(=O)C2CN(CCc3ccc(O)cc3)CCC2(O)c2cccc(NC(=O)C=C(C)C)c2)c1. The van der Waals surface area contributed by atoms with Crippen molar-refractivity contribution in [3.05, 3.63) is 113 Å². The van der Waals surface area contributed by atoms with Crippen LogP contribution in [0.4, 0.5) is 11.4 Å². The number of phenols is 1. The lowest BCUT2D eigenvalue weighted by molar-refractivity contribution is -0.112. The summed E-state index contributed by atoms with van der Waals surface area (Å²) in [7, 11) is 0. The molecule has 8 heteroatoms. The molecular weight excluding hydrogens is 554 g/mol. The first-order valence-corrected chi connectivity index (χ1v) is 14.8. The van der Waals surface area contributed by atoms with E-state index in [1.807, 2.05) is 39.8 Å². The predicted octanol–water partition coefficient (Wildman–Crippen LogP) is 5.84. The number of carbonyl (C=O) groups excluding carboxylic acids is 3. The minimum absolute atomic E-state index is 0.209. The fraction of sp³-hybridized carbons (Fsp3) is 0.306. The zero-order valence-electron chi connectivity index (χ0n) is 25.8. The van der Waals surface area contributed by atoms with E-state index < -0.39 is 11.5 Å². The average Bonchev–Trinajstić information content (AvgIpc) is 2.96. The van der Waals surface area contributed by atoms with Crippen molar-refractivity contribution in [2.24, 2.45) is 5.92 Å². The Hall–Kier alpha value is -4.53. The molecule has 4 N–H and O–H groups in total. The van der Waals surface area contributed by atoms with Gasteiger partial charge in [-0.2, -0.15) is 0 Å². The number of aliphatic hydroxyl groups is 1. The molecule has 0 saturated carbocycles. The van der Waals surface area contributed by atoms with E-state index in [2.05, 4.69) is 15.5 Å². The number of Topliss-reactive ketones (excluding diaryl/α,β-unsaturated/α-hetero) is 1. The van der Waals surface area contributed by atoms with Gasteiger partial charge in [0.1, 0.15) is 11.4 Å². The van der Waals surface area contributed by atoms with Crippen LogP contribution in [0.5, 0.6) is 5.75 Å². The van der Waals surface area contributed by atoms with Crippen LogP contribution in [0, 0.1) is 5.92 Å². The molecule has 2 atom stereocenters. The van der Waals surface area contributed by atoms with Gasteiger partial charge in [-0.05, 0) is 88.1 Å². The van der Waals surface area contributed by atoms with Crippen molar-refractivity contribution >= 4 is 29.0 Å². The van der Waals surface area contributed by atoms with Crippen LogP contribution in [0.2, 0.25) is 0 Å². The number of nitrogens with one attached hydrogen (secondary N) is 2. The minimum Gasteiger partial charge on any atom is -0.508 e. The number of amides is 2. The van der Waals surface area contributed by atoms with Gasteiger partial charge in [0.25, 0.3) is 0 Å². The van der Waals surface area contributed by atoms with E-state index in [1.54, 1.807) is 60.7 Å². The number of hydrogen-bond donors (Lipinski definition) is 4. The van der Waals surface area contributed by atoms with Crippen LogP contribution in [0.1, 0.15) is 55.6 Å². The lowest BCUT2D eigenvalue weighted by Crippen LogP contribution is -2.53. The molecule has 2 amide bonds. The minimum atomic E-state index is -1.50. The fourth-order valence-corrected chi connectivity index (χ4v) is 5.50. The van der Waals surface area contributed by atoms with Gasteiger partial charge in [0.05, 0.1) is 5.92 Å². The molecule has 0 aliphatic carbocycles. The summed E-state index contributed by atoms with van der Waals surface area (Å²) < 4.78 is 0. The first-order valence-electron chi connectivity index (χ1n) is 14.8. The molecule has 44 heavy (non-hydrogen) atoms. The number of allylic oxidation sites excluding steroid dienone is 2. The normalized spacial score (nSPS) is 18.2. The van der Waals surface area contributed by atoms with Crippen molar-refractivity contribution in [1.29, 1.82) is 0 Å². The molecule has 0 spiro atoms. The highest BCUT2D eigenvalue weighted by molar-refractivity contribution is 6.03. The Balaban J connectivity index is 1.64. The van der Waals surface area contributed by atoms with Crippen LogP contribution in [0.25, 0.3) is 0 Å². The summed E-state index contributed by atoms with van der Waals surface area (Å²) >= 11 is 0. The van der Waals surface area contributed by atoms with Crippen molar-refractivity contribution in [3.63, 3.8) is 0 Å². The molecule has 3 aromatic carbocycles. The highest BCUT2D eigenvalue weighted by atomic mass is 16.3. The molecule has 230 valence electrons. The maximum atomic E-state index is 14.2. The van der Waals surface area contributed by atoms with Crippen molar-refractivity contribution in [2.45, 2.75) is 46.1 Å². The third-order valence-electron chi connectivity index (χ3n) is 7.68. The average molecular weight is 596 g/mol. The van der Waals surface area contributed by atoms with Crippen LogP contribution in [0.3, 0.4) is 0 Å². The maximum absolute atomic E-state index is 14.2. The van der Waals surface area contributed by atoms with Crippen LogP contribution >= 0.6 is 0 Å². The molecule has 0 bridgehead atoms. The van der Waals surface area contributed by atoms with Gasteiger partial charge in [-0.15, -0.1) is 0 Å². The number of nitrogens with zero attached hydrogens (tertiary/aromatic N) is 1. The highest BCUT2D eigenvalue weighted by Gasteiger charge is 2.47. The number of rotatable bonds is 10. The summed E-state index contributed by atoms with van der Waals surface area (Å²) in [5.74, 6) is -1.39. The maximum Gasteiger partial charge on any atom is 0.248 e. The van der Waals surface area contributed by atoms with Gasteiger partial charge in [0, 0.05) is 48.7 Å². The molecule has 1 aliphatic heterocycles. The molecule has 0 aromatic heterocycles. The second-order valence-corrected chi connectivity index (χ2v) is 11.9. The number of phenolic OH excluding ortho intramolecular Hbond substituents is 1. The first kappa shape index (κ1) is 32.4. The van der Waals surface area contributed by atoms with Crippen LogP contribution in [-0.4, -0.2) is 52.3 Å². The van der Waals surface area contributed by atoms with Gasteiger partial charge in [-0.25, -0.2) is 0 Å². The number of piperidine rings is 1. The van der Waals surface area contributed by atoms with Crippen molar-refractivity contribution in [3.8, 4) is 5.75 Å². The van der Waals surface area contributed by atoms with Crippen molar-refractivity contribution in [2.75, 3.05) is 30.3 Å². The molecular formula is C36H41N3O5. The van der Waals surface area contributed by atoms with E-state index in [-0.39, 0.29) is 23.3 Å². The summed E-state index contributed by atoms with van der Waals surface area (Å²) in [6.07, 6.45) is 4.02. The Morgan fingerprint density at radius 2 is 1.45 bits per heavy atom. The Morgan fingerprint density at radius 3 is 2.07 bits per heavy atom. The Labute approximate surface area is 259 Å². The highest BCUT2D eigenvalue weighted by Crippen LogP contribution is 2.40. The second kappa shape index (κ2) is 14.3. The number of carbonyl (C=O) groups is 3. The Morgan fingerprint density at radius 1 is 0.864 bits per heavy atom. The predicted molar refractivity (Wildman–Crippen MR) is 174 cm³/mol. The van der Waals surface area contributed by atoms with Gasteiger partial charge in [-0.3, -0.25) is 14.4 Å². The summed E-state index contributed by atoms with van der Waals surface area (Å²) in [6, 6.07) is 20.9. The largest absolute Gasteiger partial charge is 0.508 e. The molecule has 1 saturated heterocycles. The number of ketones is 1. The Bertz CT molecular complexity index is 1570. The van der Waals surface area contributed by atoms with Gasteiger partial charge >= 0.3 is 0 Å². The second-order valence-electron chi connectivity index (χ2n) is 11.9. The van der Waals surface area contributed by atoms with E-state index in [0.717, 1.165) is 23.1 Å². The number of aromatic hydroxyl groups is 1. The van der Waals surface area contributed by atoms with E-state index in [0.29, 0.717) is 48.6 Å². The third-order valence-corrected chi connectivity index (χ3v) is 7.68. The number of anilines is 2. The lowest BCUT2D eigenvalue weighted by Gasteiger charge is -2.44. The first-order chi connectivity index (χ1) is 20.9. The fourth-order valence-electron chi connectivity index (χ4n) is 5.50. The van der Waals surface area contributed by atoms with Crippen LogP contribution in [0.15, 0.2) is 96.1 Å². The topological polar surface area (TPSA) is 119 Å². The molecule has 1 heterocycles. The van der Waals surface area contributed by atoms with Crippen LogP contribution in [-0.2, 0) is 21.6 Å². The quantitative estimate of drug-likeness (QED) is 0.173. The summed E-state index contributed by atoms with van der Waals surface area (Å²) in [5, 5.41) is 27.6. The van der Waals surface area contributed by atoms with E-state index in [9.17, 15) is 24.6 Å². The number of benzene rings is 3. The van der Waals surface area contributed by atoms with E-state index in [4.69, 9.17) is 0 Å². The zero-order valence-corrected chi connectivity index (χ0v) is 25.8. The molecule has 0 radical (unpaired) electrons. The lowest BCUT2D eigenvalue weighted by atomic mass is 9.72. The molecule has 2 unspecified atom stereocenters. The standard InChI is InChI=1S/C36H41N3O5/c1-24(2)19-33(41)37-29-9-5-7-27(21-29)35(43)32-23-39(17-15-26-11-13-31(40)14-12-26)18-16-36(32,44)28-8-6-10-30(22-28)38-34(42)20-25(3)4/h5-14,19-22,32,40,44H,15-18,23H2,1-4H3,(H,37,41)(H,38,42). The van der Waals surface area contributed by atoms with Gasteiger partial charge in [0.2, 0.25) is 11.8 Å². The van der Waals surface area contributed by atoms with Crippen molar-refractivity contribution in [1.82, 2.24) is 4.90 Å². The summed E-state index contributed by atoms with van der Waals surface area (Å²) in [4.78, 5) is 41.2. The smallest absolute Gasteiger partial charge is 0.248 e. The molecule has 8 nitrogen and oxygen atoms in total. The number of likely N-dealkylation sites (tertiary alicyclic amines) is 1. The van der Waals surface area contributed by atoms with Gasteiger partial charge in [0.15, 0.2) is 5.78 Å². The third kappa shape index (κ3) is 8.52. The molecule has 1 aliphatic rings. The summed E-state index contributed by atoms with van der Waals surface area (Å²) in [6.45, 7) is 8.89.